The number of nitrogens with one attached hydrogen (secondary N) is 1. The third-order valence-corrected chi connectivity index (χ3v) is 4.86. The lowest BCUT2D eigenvalue weighted by molar-refractivity contribution is 0.602. The van der Waals surface area contributed by atoms with Crippen molar-refractivity contribution in [3.8, 4) is 0 Å². The van der Waals surface area contributed by atoms with E-state index in [0.29, 0.717) is 16.1 Å². The Bertz CT molecular complexity index is 395. The standard InChI is InChI=1S/C12H14BrCl2N/c1-7-2-3-8(6-7)16-10-5-4-9(13)11(14)12(10)15/h4-5,7-8,16H,2-3,6H2,1H3. The summed E-state index contributed by atoms with van der Waals surface area (Å²) in [7, 11) is 0. The zero-order chi connectivity index (χ0) is 11.7. The summed E-state index contributed by atoms with van der Waals surface area (Å²) in [4.78, 5) is 0. The molecule has 0 bridgehead atoms. The van der Waals surface area contributed by atoms with Crippen LogP contribution in [0.3, 0.4) is 0 Å². The third kappa shape index (κ3) is 2.66. The molecule has 1 N–H and O–H groups in total. The maximum atomic E-state index is 6.19. The maximum Gasteiger partial charge on any atom is 0.0835 e. The van der Waals surface area contributed by atoms with Crippen LogP contribution in [-0.4, -0.2) is 6.04 Å². The molecular formula is C12H14BrCl2N. The Morgan fingerprint density at radius 1 is 1.25 bits per heavy atom. The molecule has 2 rings (SSSR count). The van der Waals surface area contributed by atoms with Crippen LogP contribution in [0.1, 0.15) is 26.2 Å². The molecule has 1 aliphatic rings. The number of hydrogen-bond donors (Lipinski definition) is 1. The molecule has 0 aromatic heterocycles. The molecule has 2 atom stereocenters. The molecule has 1 aromatic rings. The molecule has 0 spiro atoms. The minimum atomic E-state index is 0.532. The number of rotatable bonds is 2. The Morgan fingerprint density at radius 2 is 2.00 bits per heavy atom. The van der Waals surface area contributed by atoms with Crippen molar-refractivity contribution in [2.75, 3.05) is 5.32 Å². The minimum absolute atomic E-state index is 0.532. The quantitative estimate of drug-likeness (QED) is 0.723. The highest BCUT2D eigenvalue weighted by atomic mass is 79.9. The molecular weight excluding hydrogens is 309 g/mol. The number of benzene rings is 1. The fourth-order valence-electron chi connectivity index (χ4n) is 2.20. The van der Waals surface area contributed by atoms with Gasteiger partial charge in [0, 0.05) is 10.5 Å². The first-order valence-electron chi connectivity index (χ1n) is 5.48. The van der Waals surface area contributed by atoms with Gasteiger partial charge in [-0.05, 0) is 53.2 Å². The Balaban J connectivity index is 2.13. The van der Waals surface area contributed by atoms with Crippen LogP contribution >= 0.6 is 39.1 Å². The molecule has 4 heteroatoms. The van der Waals surface area contributed by atoms with E-state index in [1.165, 1.54) is 19.3 Å². The van der Waals surface area contributed by atoms with Crippen molar-refractivity contribution in [2.24, 2.45) is 5.92 Å². The van der Waals surface area contributed by atoms with E-state index in [1.807, 2.05) is 12.1 Å². The van der Waals surface area contributed by atoms with Crippen LogP contribution in [0.25, 0.3) is 0 Å². The summed E-state index contributed by atoms with van der Waals surface area (Å²) in [5, 5.41) is 4.66. The van der Waals surface area contributed by atoms with Gasteiger partial charge in [0.15, 0.2) is 0 Å². The van der Waals surface area contributed by atoms with E-state index in [9.17, 15) is 0 Å². The van der Waals surface area contributed by atoms with Crippen molar-refractivity contribution in [2.45, 2.75) is 32.2 Å². The Morgan fingerprint density at radius 3 is 2.62 bits per heavy atom. The molecule has 0 heterocycles. The van der Waals surface area contributed by atoms with Crippen LogP contribution in [0, 0.1) is 5.92 Å². The highest BCUT2D eigenvalue weighted by molar-refractivity contribution is 9.10. The fourth-order valence-corrected chi connectivity index (χ4v) is 3.02. The highest BCUT2D eigenvalue weighted by Crippen LogP contribution is 2.37. The minimum Gasteiger partial charge on any atom is -0.381 e. The van der Waals surface area contributed by atoms with Crippen molar-refractivity contribution in [3.05, 3.63) is 26.7 Å². The molecule has 1 aliphatic carbocycles. The average Bonchev–Trinajstić information content (AvgIpc) is 2.65. The predicted octanol–water partition coefficient (Wildman–Crippen LogP) is 5.36. The Hall–Kier alpha value is 0.0800. The van der Waals surface area contributed by atoms with Gasteiger partial charge in [0.1, 0.15) is 0 Å². The zero-order valence-corrected chi connectivity index (χ0v) is 12.2. The monoisotopic (exact) mass is 321 g/mol. The van der Waals surface area contributed by atoms with E-state index >= 15 is 0 Å². The maximum absolute atomic E-state index is 6.19. The van der Waals surface area contributed by atoms with Gasteiger partial charge in [-0.15, -0.1) is 0 Å². The summed E-state index contributed by atoms with van der Waals surface area (Å²) in [5.74, 6) is 0.808. The first kappa shape index (κ1) is 12.5. The second-order valence-electron chi connectivity index (χ2n) is 4.48. The van der Waals surface area contributed by atoms with Crippen molar-refractivity contribution in [1.82, 2.24) is 0 Å². The van der Waals surface area contributed by atoms with Crippen molar-refractivity contribution in [3.63, 3.8) is 0 Å². The topological polar surface area (TPSA) is 12.0 Å². The molecule has 0 aliphatic heterocycles. The van der Waals surface area contributed by atoms with Crippen molar-refractivity contribution < 1.29 is 0 Å². The van der Waals surface area contributed by atoms with Crippen LogP contribution < -0.4 is 5.32 Å². The van der Waals surface area contributed by atoms with Gasteiger partial charge in [0.25, 0.3) is 0 Å². The lowest BCUT2D eigenvalue weighted by atomic mass is 10.1. The van der Waals surface area contributed by atoms with Crippen molar-refractivity contribution in [1.29, 1.82) is 0 Å². The number of hydrogen-bond acceptors (Lipinski definition) is 1. The summed E-state index contributed by atoms with van der Waals surface area (Å²) < 4.78 is 0.838. The summed E-state index contributed by atoms with van der Waals surface area (Å²) in [5.41, 5.74) is 0.939. The smallest absolute Gasteiger partial charge is 0.0835 e. The zero-order valence-electron chi connectivity index (χ0n) is 9.06. The van der Waals surface area contributed by atoms with E-state index in [2.05, 4.69) is 28.2 Å². The highest BCUT2D eigenvalue weighted by Gasteiger charge is 2.22. The summed E-state index contributed by atoms with van der Waals surface area (Å²) in [6.07, 6.45) is 3.72. The van der Waals surface area contributed by atoms with E-state index in [-0.39, 0.29) is 0 Å². The molecule has 1 fully saturated rings. The van der Waals surface area contributed by atoms with Crippen LogP contribution in [0.15, 0.2) is 16.6 Å². The van der Waals surface area contributed by atoms with Crippen LogP contribution in [0.4, 0.5) is 5.69 Å². The van der Waals surface area contributed by atoms with Gasteiger partial charge in [-0.3, -0.25) is 0 Å². The van der Waals surface area contributed by atoms with Gasteiger partial charge >= 0.3 is 0 Å². The Labute approximate surface area is 115 Å². The molecule has 88 valence electrons. The molecule has 0 saturated heterocycles. The van der Waals surface area contributed by atoms with Gasteiger partial charge in [0.05, 0.1) is 15.7 Å². The molecule has 16 heavy (non-hydrogen) atoms. The van der Waals surface area contributed by atoms with E-state index in [1.54, 1.807) is 0 Å². The van der Waals surface area contributed by atoms with Gasteiger partial charge in [-0.1, -0.05) is 30.1 Å². The van der Waals surface area contributed by atoms with Gasteiger partial charge in [-0.25, -0.2) is 0 Å². The average molecular weight is 323 g/mol. The third-order valence-electron chi connectivity index (χ3n) is 3.09. The number of halogens is 3. The second-order valence-corrected chi connectivity index (χ2v) is 6.09. The molecule has 2 unspecified atom stereocenters. The van der Waals surface area contributed by atoms with E-state index in [0.717, 1.165) is 16.1 Å². The first-order chi connectivity index (χ1) is 7.58. The Kier molecular flexibility index (Phi) is 4.04. The van der Waals surface area contributed by atoms with Crippen LogP contribution in [0.5, 0.6) is 0 Å². The van der Waals surface area contributed by atoms with Gasteiger partial charge in [-0.2, -0.15) is 0 Å². The molecule has 0 amide bonds. The van der Waals surface area contributed by atoms with Crippen molar-refractivity contribution >= 4 is 44.8 Å². The number of anilines is 1. The van der Waals surface area contributed by atoms with Gasteiger partial charge in [0.2, 0.25) is 0 Å². The van der Waals surface area contributed by atoms with Crippen LogP contribution in [0.2, 0.25) is 10.0 Å². The van der Waals surface area contributed by atoms with E-state index < -0.39 is 0 Å². The molecule has 0 radical (unpaired) electrons. The summed E-state index contributed by atoms with van der Waals surface area (Å²) in [6.45, 7) is 2.29. The van der Waals surface area contributed by atoms with E-state index in [4.69, 9.17) is 23.2 Å². The predicted molar refractivity (Wildman–Crippen MR) is 74.6 cm³/mol. The van der Waals surface area contributed by atoms with Crippen LogP contribution in [-0.2, 0) is 0 Å². The van der Waals surface area contributed by atoms with Gasteiger partial charge < -0.3 is 5.32 Å². The molecule has 1 nitrogen and oxygen atoms in total. The molecule has 1 saturated carbocycles. The SMILES string of the molecule is CC1CCC(Nc2ccc(Br)c(Cl)c2Cl)C1. The molecule has 1 aromatic carbocycles. The fraction of sp³-hybridized carbons (Fsp3) is 0.500. The first-order valence-corrected chi connectivity index (χ1v) is 7.03. The summed E-state index contributed by atoms with van der Waals surface area (Å²) >= 11 is 15.6. The lowest BCUT2D eigenvalue weighted by Crippen LogP contribution is -2.15. The second kappa shape index (κ2) is 5.16. The summed E-state index contributed by atoms with van der Waals surface area (Å²) in [6, 6.07) is 4.43. The lowest BCUT2D eigenvalue weighted by Gasteiger charge is -2.16. The normalized spacial score (nSPS) is 24.8. The largest absolute Gasteiger partial charge is 0.381 e.